The number of hydrogen-bond donors (Lipinski definition) is 3. The fourth-order valence-corrected chi connectivity index (χ4v) is 4.84. The number of nitrogens with zero attached hydrogens (tertiary/aromatic N) is 3. The lowest BCUT2D eigenvalue weighted by Crippen LogP contribution is -2.14. The smallest absolute Gasteiger partial charge is 0.254 e. The molecule has 3 aromatic heterocycles. The van der Waals surface area contributed by atoms with E-state index in [0.29, 0.717) is 48.2 Å². The largest absolute Gasteiger partial charge is 0.390 e. The molecule has 0 saturated carbocycles. The molecule has 3 N–H and O–H groups in total. The number of aliphatic hydroxyl groups is 1. The molecule has 1 amide bonds. The number of aliphatic hydroxyl groups excluding tert-OH is 1. The Balaban J connectivity index is 1.38. The normalized spacial score (nSPS) is 17.2. The van der Waals surface area contributed by atoms with E-state index in [1.807, 2.05) is 24.3 Å². The molecule has 2 aliphatic heterocycles. The molecule has 1 saturated heterocycles. The highest BCUT2D eigenvalue weighted by Crippen LogP contribution is 2.36. The summed E-state index contributed by atoms with van der Waals surface area (Å²) >= 11 is 0. The molecule has 1 fully saturated rings. The number of ether oxygens (including phenoxy) is 1. The standard InChI is InChI=1S/C25H22FN5O3/c26-15-5-7-31-21(11-27-23(31)9-15)17-1-3-19(24-18(17)10-28-25(24)33)29-22-4-2-16(20(12-32)30-22)14-6-8-34-13-14/h1-5,7,9,11,14,32H,6,8,10,12-13H2,(H,28,33)(H,29,30). The summed E-state index contributed by atoms with van der Waals surface area (Å²) in [6, 6.07) is 10.3. The van der Waals surface area contributed by atoms with Gasteiger partial charge in [-0.2, -0.15) is 0 Å². The highest BCUT2D eigenvalue weighted by atomic mass is 19.1. The number of fused-ring (bicyclic) bond motifs is 2. The molecule has 5 heterocycles. The van der Waals surface area contributed by atoms with E-state index in [0.717, 1.165) is 28.8 Å². The molecule has 1 atom stereocenters. The molecule has 172 valence electrons. The molecular weight excluding hydrogens is 437 g/mol. The zero-order chi connectivity index (χ0) is 23.2. The van der Waals surface area contributed by atoms with Crippen molar-refractivity contribution in [1.82, 2.24) is 19.7 Å². The predicted molar refractivity (Wildman–Crippen MR) is 123 cm³/mol. The van der Waals surface area contributed by atoms with E-state index in [9.17, 15) is 14.3 Å². The number of nitrogens with one attached hydrogen (secondary N) is 2. The Morgan fingerprint density at radius 3 is 3.00 bits per heavy atom. The van der Waals surface area contributed by atoms with Gasteiger partial charge in [-0.25, -0.2) is 14.4 Å². The van der Waals surface area contributed by atoms with Gasteiger partial charge >= 0.3 is 0 Å². The number of carbonyl (C=O) groups is 1. The van der Waals surface area contributed by atoms with Crippen LogP contribution in [0.4, 0.5) is 15.9 Å². The quantitative estimate of drug-likeness (QED) is 0.422. The van der Waals surface area contributed by atoms with Crippen molar-refractivity contribution in [2.45, 2.75) is 25.5 Å². The van der Waals surface area contributed by atoms with E-state index in [2.05, 4.69) is 20.6 Å². The summed E-state index contributed by atoms with van der Waals surface area (Å²) in [5.74, 6) is 0.248. The molecule has 6 rings (SSSR count). The van der Waals surface area contributed by atoms with Crippen LogP contribution in [-0.2, 0) is 17.9 Å². The number of imidazole rings is 1. The summed E-state index contributed by atoms with van der Waals surface area (Å²) < 4.78 is 20.9. The minimum Gasteiger partial charge on any atom is -0.390 e. The van der Waals surface area contributed by atoms with Gasteiger partial charge in [-0.1, -0.05) is 12.1 Å². The number of benzene rings is 1. The van der Waals surface area contributed by atoms with Gasteiger partial charge in [0.25, 0.3) is 5.91 Å². The fraction of sp³-hybridized carbons (Fsp3) is 0.240. The molecule has 0 aliphatic carbocycles. The second-order valence-corrected chi connectivity index (χ2v) is 8.49. The van der Waals surface area contributed by atoms with Crippen LogP contribution in [0.3, 0.4) is 0 Å². The van der Waals surface area contributed by atoms with Crippen LogP contribution < -0.4 is 10.6 Å². The number of carbonyl (C=O) groups excluding carboxylic acids is 1. The zero-order valence-corrected chi connectivity index (χ0v) is 18.2. The van der Waals surface area contributed by atoms with Gasteiger partial charge < -0.3 is 20.5 Å². The molecule has 2 aliphatic rings. The van der Waals surface area contributed by atoms with Crippen molar-refractivity contribution >= 4 is 23.1 Å². The van der Waals surface area contributed by atoms with Crippen LogP contribution >= 0.6 is 0 Å². The first-order chi connectivity index (χ1) is 16.6. The van der Waals surface area contributed by atoms with Crippen LogP contribution in [0.2, 0.25) is 0 Å². The maximum atomic E-state index is 13.6. The van der Waals surface area contributed by atoms with Crippen molar-refractivity contribution in [3.05, 3.63) is 77.0 Å². The van der Waals surface area contributed by atoms with Gasteiger partial charge in [-0.15, -0.1) is 0 Å². The molecular formula is C25H22FN5O3. The van der Waals surface area contributed by atoms with Crippen molar-refractivity contribution in [3.8, 4) is 11.3 Å². The van der Waals surface area contributed by atoms with E-state index < -0.39 is 0 Å². The lowest BCUT2D eigenvalue weighted by Gasteiger charge is -2.16. The summed E-state index contributed by atoms with van der Waals surface area (Å²) in [5, 5.41) is 16.0. The molecule has 0 spiro atoms. The van der Waals surface area contributed by atoms with E-state index in [-0.39, 0.29) is 24.2 Å². The molecule has 1 unspecified atom stereocenters. The Hall–Kier alpha value is -3.82. The summed E-state index contributed by atoms with van der Waals surface area (Å²) in [4.78, 5) is 21.7. The average Bonchev–Trinajstić information content (AvgIpc) is 3.60. The third-order valence-corrected chi connectivity index (χ3v) is 6.51. The minimum atomic E-state index is -0.354. The highest BCUT2D eigenvalue weighted by Gasteiger charge is 2.28. The van der Waals surface area contributed by atoms with Crippen LogP contribution in [-0.4, -0.2) is 38.6 Å². The Bertz CT molecular complexity index is 1430. The van der Waals surface area contributed by atoms with Crippen LogP contribution in [0, 0.1) is 5.82 Å². The second kappa shape index (κ2) is 8.19. The summed E-state index contributed by atoms with van der Waals surface area (Å²) in [5.41, 5.74) is 5.72. The number of pyridine rings is 2. The maximum absolute atomic E-state index is 13.6. The Morgan fingerprint density at radius 1 is 1.26 bits per heavy atom. The maximum Gasteiger partial charge on any atom is 0.254 e. The summed E-state index contributed by atoms with van der Waals surface area (Å²) in [7, 11) is 0. The highest BCUT2D eigenvalue weighted by molar-refractivity contribution is 6.06. The van der Waals surface area contributed by atoms with E-state index in [1.165, 1.54) is 12.1 Å². The number of hydrogen-bond acceptors (Lipinski definition) is 6. The van der Waals surface area contributed by atoms with Gasteiger partial charge in [-0.05, 0) is 35.7 Å². The van der Waals surface area contributed by atoms with E-state index in [4.69, 9.17) is 4.74 Å². The van der Waals surface area contributed by atoms with Gasteiger partial charge in [0, 0.05) is 36.9 Å². The van der Waals surface area contributed by atoms with Crippen LogP contribution in [0.15, 0.2) is 48.8 Å². The molecule has 0 radical (unpaired) electrons. The molecule has 9 heteroatoms. The topological polar surface area (TPSA) is 101 Å². The number of halogens is 1. The van der Waals surface area contributed by atoms with Gasteiger partial charge in [0.15, 0.2) is 0 Å². The first-order valence-corrected chi connectivity index (χ1v) is 11.1. The third-order valence-electron chi connectivity index (χ3n) is 6.51. The van der Waals surface area contributed by atoms with Crippen molar-refractivity contribution in [2.24, 2.45) is 0 Å². The van der Waals surface area contributed by atoms with Gasteiger partial charge in [0.1, 0.15) is 17.3 Å². The van der Waals surface area contributed by atoms with Gasteiger partial charge in [0.2, 0.25) is 0 Å². The number of anilines is 2. The third kappa shape index (κ3) is 3.41. The van der Waals surface area contributed by atoms with Gasteiger partial charge in [0.05, 0.1) is 42.0 Å². The second-order valence-electron chi connectivity index (χ2n) is 8.49. The van der Waals surface area contributed by atoms with Crippen LogP contribution in [0.5, 0.6) is 0 Å². The molecule has 0 bridgehead atoms. The minimum absolute atomic E-state index is 0.173. The number of aromatic nitrogens is 3. The van der Waals surface area contributed by atoms with Crippen LogP contribution in [0.25, 0.3) is 16.9 Å². The van der Waals surface area contributed by atoms with Crippen molar-refractivity contribution < 1.29 is 19.0 Å². The number of rotatable bonds is 5. The zero-order valence-electron chi connectivity index (χ0n) is 18.2. The van der Waals surface area contributed by atoms with Crippen LogP contribution in [0.1, 0.15) is 39.5 Å². The number of amides is 1. The van der Waals surface area contributed by atoms with Gasteiger partial charge in [-0.3, -0.25) is 9.20 Å². The lowest BCUT2D eigenvalue weighted by atomic mass is 9.97. The molecule has 34 heavy (non-hydrogen) atoms. The van der Waals surface area contributed by atoms with Crippen molar-refractivity contribution in [3.63, 3.8) is 0 Å². The Labute approximate surface area is 194 Å². The summed E-state index contributed by atoms with van der Waals surface area (Å²) in [6.45, 7) is 1.55. The SMILES string of the molecule is O=C1NCc2c(-c3cnc4cc(F)ccn34)ccc(Nc3ccc(C4CCOC4)c(CO)n3)c21. The first-order valence-electron chi connectivity index (χ1n) is 11.1. The predicted octanol–water partition coefficient (Wildman–Crippen LogP) is 3.52. The van der Waals surface area contributed by atoms with Crippen molar-refractivity contribution in [1.29, 1.82) is 0 Å². The van der Waals surface area contributed by atoms with Crippen molar-refractivity contribution in [2.75, 3.05) is 18.5 Å². The lowest BCUT2D eigenvalue weighted by molar-refractivity contribution is 0.0966. The molecule has 4 aromatic rings. The summed E-state index contributed by atoms with van der Waals surface area (Å²) in [6.07, 6.45) is 4.22. The fourth-order valence-electron chi connectivity index (χ4n) is 4.84. The van der Waals surface area contributed by atoms with E-state index in [1.54, 1.807) is 16.8 Å². The van der Waals surface area contributed by atoms with E-state index >= 15 is 0 Å². The molecule has 1 aromatic carbocycles. The monoisotopic (exact) mass is 459 g/mol. The Kier molecular flexibility index (Phi) is 5.00. The Morgan fingerprint density at radius 2 is 2.18 bits per heavy atom. The first kappa shape index (κ1) is 20.8. The average molecular weight is 459 g/mol. The molecule has 8 nitrogen and oxygen atoms in total.